The average molecular weight is 399 g/mol. The molecule has 0 bridgehead atoms. The van der Waals surface area contributed by atoms with Gasteiger partial charge in [0, 0.05) is 28.9 Å². The Morgan fingerprint density at radius 2 is 1.86 bits per heavy atom. The van der Waals surface area contributed by atoms with E-state index in [1.54, 1.807) is 19.1 Å². The molecule has 0 saturated heterocycles. The van der Waals surface area contributed by atoms with E-state index in [9.17, 15) is 8.78 Å². The summed E-state index contributed by atoms with van der Waals surface area (Å²) in [5.41, 5.74) is 7.29. The number of hydrogen-bond donors (Lipinski definition) is 0. The Morgan fingerprint density at radius 1 is 1.14 bits per heavy atom. The molecule has 2 aromatic heterocycles. The number of fused-ring (bicyclic) bond motifs is 1. The zero-order valence-electron chi connectivity index (χ0n) is 16.9. The number of benzene rings is 1. The van der Waals surface area contributed by atoms with Crippen LogP contribution < -0.4 is 4.74 Å². The minimum absolute atomic E-state index is 0.0780. The van der Waals surface area contributed by atoms with Crippen LogP contribution in [-0.2, 0) is 17.8 Å². The third kappa shape index (κ3) is 3.87. The summed E-state index contributed by atoms with van der Waals surface area (Å²) in [6, 6.07) is 9.17. The number of hydrogen-bond acceptors (Lipinski definition) is 4. The summed E-state index contributed by atoms with van der Waals surface area (Å²) in [4.78, 5) is 4.45. The van der Waals surface area contributed by atoms with Gasteiger partial charge in [-0.1, -0.05) is 0 Å². The summed E-state index contributed by atoms with van der Waals surface area (Å²) in [5.74, 6) is 0.169. The van der Waals surface area contributed by atoms with Gasteiger partial charge in [-0.15, -0.1) is 0 Å². The molecule has 1 atom stereocenters. The highest BCUT2D eigenvalue weighted by molar-refractivity contribution is 5.66. The number of pyridine rings is 1. The first-order chi connectivity index (χ1) is 13.8. The minimum atomic E-state index is -2.85. The quantitative estimate of drug-likeness (QED) is 0.625. The van der Waals surface area contributed by atoms with E-state index in [1.807, 2.05) is 43.7 Å². The van der Waals surface area contributed by atoms with E-state index in [0.717, 1.165) is 46.0 Å². The number of aromatic nitrogens is 3. The van der Waals surface area contributed by atoms with Crippen LogP contribution in [0.3, 0.4) is 0 Å². The number of alkyl halides is 2. The SMILES string of the molecule is Cc1cc(-c2nn(-c3ccc(OC(F)F)c(C)c3)c3c2CO[C@@H](C)C3)cc(C)n1. The second kappa shape index (κ2) is 7.55. The second-order valence-corrected chi connectivity index (χ2v) is 7.48. The summed E-state index contributed by atoms with van der Waals surface area (Å²) in [6.07, 6.45) is 0.800. The number of rotatable bonds is 4. The standard InChI is InChI=1S/C22H23F2N3O2/c1-12-7-17(5-6-20(12)29-22(23)24)27-19-10-15(4)28-11-18(19)21(26-27)16-8-13(2)25-14(3)9-16/h5-9,15,22H,10-11H2,1-4H3/t15-/m0/s1. The molecule has 0 radical (unpaired) electrons. The smallest absolute Gasteiger partial charge is 0.387 e. The zero-order chi connectivity index (χ0) is 20.7. The number of nitrogens with zero attached hydrogens (tertiary/aromatic N) is 3. The van der Waals surface area contributed by atoms with Crippen molar-refractivity contribution in [3.63, 3.8) is 0 Å². The highest BCUT2D eigenvalue weighted by atomic mass is 19.3. The second-order valence-electron chi connectivity index (χ2n) is 7.48. The summed E-state index contributed by atoms with van der Waals surface area (Å²) < 4.78 is 37.5. The van der Waals surface area contributed by atoms with E-state index in [1.165, 1.54) is 0 Å². The molecular formula is C22H23F2N3O2. The molecule has 29 heavy (non-hydrogen) atoms. The Bertz CT molecular complexity index is 1040. The molecule has 3 heterocycles. The fourth-order valence-electron chi connectivity index (χ4n) is 3.81. The number of halogens is 2. The third-order valence-corrected chi connectivity index (χ3v) is 5.06. The number of aryl methyl sites for hydroxylation is 3. The minimum Gasteiger partial charge on any atom is -0.435 e. The lowest BCUT2D eigenvalue weighted by atomic mass is 10.0. The predicted octanol–water partition coefficient (Wildman–Crippen LogP) is 4.92. The molecule has 1 aliphatic heterocycles. The molecule has 0 aliphatic carbocycles. The Balaban J connectivity index is 1.84. The lowest BCUT2D eigenvalue weighted by Crippen LogP contribution is -2.21. The molecule has 0 N–H and O–H groups in total. The van der Waals surface area contributed by atoms with E-state index < -0.39 is 6.61 Å². The molecule has 1 aromatic carbocycles. The summed E-state index contributed by atoms with van der Waals surface area (Å²) >= 11 is 0. The molecule has 152 valence electrons. The number of ether oxygens (including phenoxy) is 2. The molecular weight excluding hydrogens is 376 g/mol. The van der Waals surface area contributed by atoms with E-state index in [2.05, 4.69) is 9.72 Å². The average Bonchev–Trinajstić information content (AvgIpc) is 3.01. The van der Waals surface area contributed by atoms with Crippen molar-refractivity contribution in [2.45, 2.75) is 53.4 Å². The van der Waals surface area contributed by atoms with E-state index in [0.29, 0.717) is 12.2 Å². The third-order valence-electron chi connectivity index (χ3n) is 5.06. The van der Waals surface area contributed by atoms with Crippen LogP contribution in [0.15, 0.2) is 30.3 Å². The molecule has 0 amide bonds. The van der Waals surface area contributed by atoms with Gasteiger partial charge in [-0.2, -0.15) is 13.9 Å². The first-order valence-electron chi connectivity index (χ1n) is 9.55. The van der Waals surface area contributed by atoms with Gasteiger partial charge in [0.2, 0.25) is 0 Å². The molecule has 5 nitrogen and oxygen atoms in total. The van der Waals surface area contributed by atoms with Gasteiger partial charge in [-0.25, -0.2) is 4.68 Å². The molecule has 3 aromatic rings. The lowest BCUT2D eigenvalue weighted by Gasteiger charge is -2.21. The largest absolute Gasteiger partial charge is 0.435 e. The highest BCUT2D eigenvalue weighted by Crippen LogP contribution is 2.34. The van der Waals surface area contributed by atoms with Crippen LogP contribution in [0.25, 0.3) is 16.9 Å². The van der Waals surface area contributed by atoms with Gasteiger partial charge >= 0.3 is 6.61 Å². The Morgan fingerprint density at radius 3 is 2.52 bits per heavy atom. The molecule has 0 spiro atoms. The Hall–Kier alpha value is -2.80. The fraction of sp³-hybridized carbons (Fsp3) is 0.364. The van der Waals surface area contributed by atoms with Gasteiger partial charge in [-0.3, -0.25) is 4.98 Å². The Kier molecular flexibility index (Phi) is 5.08. The molecule has 0 unspecified atom stereocenters. The van der Waals surface area contributed by atoms with Crippen LogP contribution in [0, 0.1) is 20.8 Å². The van der Waals surface area contributed by atoms with E-state index in [4.69, 9.17) is 9.84 Å². The highest BCUT2D eigenvalue weighted by Gasteiger charge is 2.26. The van der Waals surface area contributed by atoms with Crippen molar-refractivity contribution in [3.8, 4) is 22.7 Å². The van der Waals surface area contributed by atoms with Gasteiger partial charge in [0.15, 0.2) is 0 Å². The van der Waals surface area contributed by atoms with Crippen LogP contribution in [-0.4, -0.2) is 27.5 Å². The lowest BCUT2D eigenvalue weighted by molar-refractivity contribution is -0.0502. The van der Waals surface area contributed by atoms with Crippen LogP contribution in [0.5, 0.6) is 5.75 Å². The maximum Gasteiger partial charge on any atom is 0.387 e. The summed E-state index contributed by atoms with van der Waals surface area (Å²) in [7, 11) is 0. The van der Waals surface area contributed by atoms with Crippen LogP contribution >= 0.6 is 0 Å². The molecule has 7 heteroatoms. The van der Waals surface area contributed by atoms with Crippen molar-refractivity contribution >= 4 is 0 Å². The van der Waals surface area contributed by atoms with Crippen LogP contribution in [0.4, 0.5) is 8.78 Å². The van der Waals surface area contributed by atoms with E-state index >= 15 is 0 Å². The fourth-order valence-corrected chi connectivity index (χ4v) is 3.81. The van der Waals surface area contributed by atoms with Gasteiger partial charge in [-0.05, 0) is 63.6 Å². The molecule has 0 saturated carbocycles. The monoisotopic (exact) mass is 399 g/mol. The van der Waals surface area contributed by atoms with Gasteiger partial charge in [0.1, 0.15) is 5.75 Å². The molecule has 1 aliphatic rings. The van der Waals surface area contributed by atoms with Crippen molar-refractivity contribution in [3.05, 3.63) is 58.5 Å². The van der Waals surface area contributed by atoms with Gasteiger partial charge in [0.05, 0.1) is 29.8 Å². The summed E-state index contributed by atoms with van der Waals surface area (Å²) in [6.45, 7) is 5.34. The van der Waals surface area contributed by atoms with Crippen molar-refractivity contribution in [2.24, 2.45) is 0 Å². The zero-order valence-corrected chi connectivity index (χ0v) is 16.9. The topological polar surface area (TPSA) is 49.2 Å². The Labute approximate surface area is 168 Å². The predicted molar refractivity (Wildman–Crippen MR) is 106 cm³/mol. The maximum atomic E-state index is 12.6. The molecule has 0 fully saturated rings. The van der Waals surface area contributed by atoms with Crippen molar-refractivity contribution < 1.29 is 18.3 Å². The van der Waals surface area contributed by atoms with Crippen molar-refractivity contribution in [2.75, 3.05) is 0 Å². The van der Waals surface area contributed by atoms with Crippen molar-refractivity contribution in [1.29, 1.82) is 0 Å². The van der Waals surface area contributed by atoms with E-state index in [-0.39, 0.29) is 11.9 Å². The molecule has 4 rings (SSSR count). The first-order valence-corrected chi connectivity index (χ1v) is 9.55. The van der Waals surface area contributed by atoms with Crippen LogP contribution in [0.1, 0.15) is 35.1 Å². The van der Waals surface area contributed by atoms with Gasteiger partial charge < -0.3 is 9.47 Å². The van der Waals surface area contributed by atoms with Gasteiger partial charge in [0.25, 0.3) is 0 Å². The first kappa shape index (κ1) is 19.5. The maximum absolute atomic E-state index is 12.6. The normalized spacial score (nSPS) is 16.2. The van der Waals surface area contributed by atoms with Crippen LogP contribution in [0.2, 0.25) is 0 Å². The summed E-state index contributed by atoms with van der Waals surface area (Å²) in [5, 5.41) is 4.90. The van der Waals surface area contributed by atoms with Crippen molar-refractivity contribution in [1.82, 2.24) is 14.8 Å².